The monoisotopic (exact) mass is 745 g/mol. The lowest BCUT2D eigenvalue weighted by Crippen LogP contribution is -2.09. The highest BCUT2D eigenvalue weighted by Crippen LogP contribution is 2.43. The summed E-state index contributed by atoms with van der Waals surface area (Å²) in [5.74, 6) is 0. The van der Waals surface area contributed by atoms with E-state index in [0.29, 0.717) is 0 Å². The van der Waals surface area contributed by atoms with Crippen LogP contribution < -0.4 is 4.90 Å². The molecular weight excluding hydrogens is 711 g/mol. The minimum Gasteiger partial charge on any atom is -0.455 e. The summed E-state index contributed by atoms with van der Waals surface area (Å²) in [4.78, 5) is 2.37. The van der Waals surface area contributed by atoms with Crippen molar-refractivity contribution in [3.8, 4) is 44.5 Å². The van der Waals surface area contributed by atoms with Gasteiger partial charge in [0.05, 0.1) is 0 Å². The van der Waals surface area contributed by atoms with Crippen molar-refractivity contribution in [2.24, 2.45) is 0 Å². The molecule has 0 bridgehead atoms. The number of nitrogens with zero attached hydrogens (tertiary/aromatic N) is 1. The quantitative estimate of drug-likeness (QED) is 0.162. The summed E-state index contributed by atoms with van der Waals surface area (Å²) in [7, 11) is 0. The Bertz CT molecular complexity index is 3210. The van der Waals surface area contributed by atoms with Crippen LogP contribution in [-0.4, -0.2) is 0 Å². The van der Waals surface area contributed by atoms with Crippen molar-refractivity contribution < 1.29 is 4.42 Å². The Morgan fingerprint density at radius 3 is 1.56 bits per heavy atom. The van der Waals surface area contributed by atoms with Gasteiger partial charge in [0.15, 0.2) is 0 Å². The SMILES string of the molecule is c1ccc(-c2ccccc2-c2ccc(N(c3ccc(-c4ccc5oc6c(-c7ccccc7)cccc6c5c4)cc3)c3ccc4c(c3)sc3ccccc34)cc2)cc1. The molecule has 0 aliphatic carbocycles. The standard InChI is InChI=1S/C54H35NOS/c1-3-12-37(13-4-1)44-16-7-8-17-45(44)39-24-29-42(30-25-39)55(43-31-32-48-47-18-9-10-21-52(47)57-53(48)35-43)41-27-22-36(23-28-41)40-26-33-51-50(34-40)49-20-11-19-46(54(49)56-51)38-14-5-2-6-15-38/h1-35H. The van der Waals surface area contributed by atoms with Crippen LogP contribution in [0.5, 0.6) is 0 Å². The van der Waals surface area contributed by atoms with Crippen molar-refractivity contribution in [1.82, 2.24) is 0 Å². The molecule has 2 heterocycles. The minimum absolute atomic E-state index is 0.895. The Kier molecular flexibility index (Phi) is 8.04. The van der Waals surface area contributed by atoms with Gasteiger partial charge in [0.1, 0.15) is 11.2 Å². The molecule has 9 aromatic carbocycles. The molecule has 11 rings (SSSR count). The molecule has 0 radical (unpaired) electrons. The summed E-state index contributed by atoms with van der Waals surface area (Å²) >= 11 is 1.85. The van der Waals surface area contributed by atoms with E-state index in [0.717, 1.165) is 61.3 Å². The molecule has 0 amide bonds. The Hall–Kier alpha value is -7.20. The second-order valence-corrected chi connectivity index (χ2v) is 15.6. The highest BCUT2D eigenvalue weighted by atomic mass is 32.1. The highest BCUT2D eigenvalue weighted by Gasteiger charge is 2.17. The number of furan rings is 1. The van der Waals surface area contributed by atoms with E-state index in [1.807, 2.05) is 17.4 Å². The van der Waals surface area contributed by atoms with E-state index in [1.165, 1.54) is 42.4 Å². The van der Waals surface area contributed by atoms with Crippen LogP contribution >= 0.6 is 11.3 Å². The van der Waals surface area contributed by atoms with E-state index in [-0.39, 0.29) is 0 Å². The molecule has 0 fully saturated rings. The number of hydrogen-bond donors (Lipinski definition) is 0. The Balaban J connectivity index is 0.990. The molecule has 0 aliphatic rings. The lowest BCUT2D eigenvalue weighted by atomic mass is 9.94. The summed E-state index contributed by atoms with van der Waals surface area (Å²) in [6.45, 7) is 0. The van der Waals surface area contributed by atoms with Gasteiger partial charge in [-0.3, -0.25) is 0 Å². The molecule has 0 saturated heterocycles. The van der Waals surface area contributed by atoms with Crippen LogP contribution in [0.3, 0.4) is 0 Å². The van der Waals surface area contributed by atoms with Gasteiger partial charge >= 0.3 is 0 Å². The van der Waals surface area contributed by atoms with E-state index in [1.54, 1.807) is 0 Å². The van der Waals surface area contributed by atoms with Crippen molar-refractivity contribution in [3.05, 3.63) is 212 Å². The third-order valence-electron chi connectivity index (χ3n) is 11.1. The normalized spacial score (nSPS) is 11.5. The Morgan fingerprint density at radius 1 is 0.316 bits per heavy atom. The Morgan fingerprint density at radius 2 is 0.842 bits per heavy atom. The van der Waals surface area contributed by atoms with Crippen molar-refractivity contribution in [1.29, 1.82) is 0 Å². The molecule has 0 saturated carbocycles. The van der Waals surface area contributed by atoms with Crippen LogP contribution in [0.2, 0.25) is 0 Å². The lowest BCUT2D eigenvalue weighted by molar-refractivity contribution is 0.670. The number of benzene rings is 9. The molecule has 2 aromatic heterocycles. The van der Waals surface area contributed by atoms with Crippen LogP contribution in [-0.2, 0) is 0 Å². The van der Waals surface area contributed by atoms with E-state index in [9.17, 15) is 0 Å². The number of hydrogen-bond acceptors (Lipinski definition) is 3. The van der Waals surface area contributed by atoms with Gasteiger partial charge in [-0.1, -0.05) is 158 Å². The van der Waals surface area contributed by atoms with Crippen LogP contribution in [0.15, 0.2) is 217 Å². The molecule has 3 heteroatoms. The molecule has 0 aliphatic heterocycles. The zero-order valence-corrected chi connectivity index (χ0v) is 31.8. The number of para-hydroxylation sites is 1. The molecule has 2 nitrogen and oxygen atoms in total. The predicted octanol–water partition coefficient (Wildman–Crippen LogP) is 16.1. The molecule has 0 spiro atoms. The Labute approximate surface area is 335 Å². The third kappa shape index (κ3) is 5.88. The maximum Gasteiger partial charge on any atom is 0.143 e. The van der Waals surface area contributed by atoms with Crippen LogP contribution in [0.4, 0.5) is 17.1 Å². The van der Waals surface area contributed by atoms with Gasteiger partial charge in [0.25, 0.3) is 0 Å². The summed E-state index contributed by atoms with van der Waals surface area (Å²) in [5.41, 5.74) is 14.6. The van der Waals surface area contributed by atoms with Crippen molar-refractivity contribution in [2.45, 2.75) is 0 Å². The van der Waals surface area contributed by atoms with Gasteiger partial charge in [-0.05, 0) is 93.5 Å². The first-order valence-corrected chi connectivity index (χ1v) is 20.1. The fraction of sp³-hybridized carbons (Fsp3) is 0. The zero-order chi connectivity index (χ0) is 37.7. The lowest BCUT2D eigenvalue weighted by Gasteiger charge is -2.26. The van der Waals surface area contributed by atoms with Gasteiger partial charge in [-0.15, -0.1) is 11.3 Å². The predicted molar refractivity (Wildman–Crippen MR) is 243 cm³/mol. The van der Waals surface area contributed by atoms with E-state index in [2.05, 4.69) is 211 Å². The molecule has 11 aromatic rings. The third-order valence-corrected chi connectivity index (χ3v) is 12.2. The number of rotatable bonds is 7. The second-order valence-electron chi connectivity index (χ2n) is 14.5. The number of fused-ring (bicyclic) bond motifs is 6. The van der Waals surface area contributed by atoms with Crippen molar-refractivity contribution in [2.75, 3.05) is 4.90 Å². The van der Waals surface area contributed by atoms with Gasteiger partial charge in [0, 0.05) is 53.6 Å². The smallest absolute Gasteiger partial charge is 0.143 e. The summed E-state index contributed by atoms with van der Waals surface area (Å²) < 4.78 is 9.07. The first-order valence-electron chi connectivity index (χ1n) is 19.3. The average Bonchev–Trinajstić information content (AvgIpc) is 3.85. The second kappa shape index (κ2) is 13.8. The van der Waals surface area contributed by atoms with E-state index < -0.39 is 0 Å². The van der Waals surface area contributed by atoms with Gasteiger partial charge in [0.2, 0.25) is 0 Å². The first kappa shape index (κ1) is 33.2. The maximum atomic E-state index is 6.49. The van der Waals surface area contributed by atoms with Gasteiger partial charge < -0.3 is 9.32 Å². The zero-order valence-electron chi connectivity index (χ0n) is 31.0. The van der Waals surface area contributed by atoms with Gasteiger partial charge in [-0.25, -0.2) is 0 Å². The van der Waals surface area contributed by atoms with E-state index >= 15 is 0 Å². The highest BCUT2D eigenvalue weighted by molar-refractivity contribution is 7.25. The largest absolute Gasteiger partial charge is 0.455 e. The summed E-state index contributed by atoms with van der Waals surface area (Å²) in [6.07, 6.45) is 0. The van der Waals surface area contributed by atoms with Crippen molar-refractivity contribution >= 4 is 70.5 Å². The fourth-order valence-corrected chi connectivity index (χ4v) is 9.46. The fourth-order valence-electron chi connectivity index (χ4n) is 8.32. The molecule has 268 valence electrons. The summed E-state index contributed by atoms with van der Waals surface area (Å²) in [6, 6.07) is 76.3. The van der Waals surface area contributed by atoms with Gasteiger partial charge in [-0.2, -0.15) is 0 Å². The van der Waals surface area contributed by atoms with Crippen LogP contribution in [0.25, 0.3) is 86.6 Å². The number of thiophene rings is 1. The van der Waals surface area contributed by atoms with E-state index in [4.69, 9.17) is 4.42 Å². The first-order chi connectivity index (χ1) is 28.2. The molecule has 0 unspecified atom stereocenters. The summed E-state index contributed by atoms with van der Waals surface area (Å²) in [5, 5.41) is 4.85. The number of anilines is 3. The molecule has 57 heavy (non-hydrogen) atoms. The molecule has 0 N–H and O–H groups in total. The minimum atomic E-state index is 0.895. The molecule has 0 atom stereocenters. The average molecular weight is 746 g/mol. The van der Waals surface area contributed by atoms with Crippen molar-refractivity contribution in [3.63, 3.8) is 0 Å². The van der Waals surface area contributed by atoms with Crippen LogP contribution in [0, 0.1) is 0 Å². The van der Waals surface area contributed by atoms with Crippen LogP contribution in [0.1, 0.15) is 0 Å². The molecular formula is C54H35NOS. The maximum absolute atomic E-state index is 6.49. The topological polar surface area (TPSA) is 16.4 Å².